The van der Waals surface area contributed by atoms with E-state index in [4.69, 9.17) is 0 Å². The summed E-state index contributed by atoms with van der Waals surface area (Å²) in [6.07, 6.45) is 2.27. The van der Waals surface area contributed by atoms with Crippen LogP contribution in [0.3, 0.4) is 0 Å². The van der Waals surface area contributed by atoms with Crippen molar-refractivity contribution in [2.24, 2.45) is 0 Å². The molecular formula is C11H23N2O+. The molecule has 0 aliphatic heterocycles. The number of carbonyl (C=O) groups excluding carboxylic acids is 1. The molecular weight excluding hydrogens is 176 g/mol. The standard InChI is InChI=1S/C11H22N2O/c1-7-10(14)12-11(2,3)8-9-13(4,5)6/h7H,1,8-9H2,2-6H3/p+1. The molecule has 0 aliphatic carbocycles. The van der Waals surface area contributed by atoms with Gasteiger partial charge in [-0.3, -0.25) is 4.79 Å². The number of quaternary nitrogens is 1. The van der Waals surface area contributed by atoms with Crippen LogP contribution in [0, 0.1) is 0 Å². The van der Waals surface area contributed by atoms with Gasteiger partial charge < -0.3 is 9.80 Å². The van der Waals surface area contributed by atoms with Crippen LogP contribution in [0.25, 0.3) is 0 Å². The van der Waals surface area contributed by atoms with Gasteiger partial charge in [0, 0.05) is 12.0 Å². The second kappa shape index (κ2) is 4.60. The average Bonchev–Trinajstić information content (AvgIpc) is 1.99. The zero-order chi connectivity index (χ0) is 11.4. The van der Waals surface area contributed by atoms with Gasteiger partial charge in [-0.1, -0.05) is 6.58 Å². The Balaban J connectivity index is 4.07. The molecule has 0 rings (SSSR count). The first-order valence-electron chi connectivity index (χ1n) is 4.91. The van der Waals surface area contributed by atoms with E-state index < -0.39 is 0 Å². The third kappa shape index (κ3) is 6.66. The van der Waals surface area contributed by atoms with Crippen LogP contribution in [-0.2, 0) is 4.79 Å². The molecule has 0 spiro atoms. The third-order valence-electron chi connectivity index (χ3n) is 2.05. The molecule has 1 amide bonds. The largest absolute Gasteiger partial charge is 0.347 e. The molecule has 3 nitrogen and oxygen atoms in total. The molecule has 0 aromatic rings. The second-order valence-electron chi connectivity index (χ2n) is 5.34. The van der Waals surface area contributed by atoms with Crippen LogP contribution in [0.5, 0.6) is 0 Å². The zero-order valence-electron chi connectivity index (χ0n) is 10.1. The smallest absolute Gasteiger partial charge is 0.243 e. The number of nitrogens with one attached hydrogen (secondary N) is 1. The summed E-state index contributed by atoms with van der Waals surface area (Å²) in [6, 6.07) is 0. The van der Waals surface area contributed by atoms with Gasteiger partial charge in [-0.25, -0.2) is 0 Å². The summed E-state index contributed by atoms with van der Waals surface area (Å²) in [5.41, 5.74) is -0.156. The van der Waals surface area contributed by atoms with Gasteiger partial charge >= 0.3 is 0 Å². The van der Waals surface area contributed by atoms with Crippen molar-refractivity contribution in [3.63, 3.8) is 0 Å². The lowest BCUT2D eigenvalue weighted by molar-refractivity contribution is -0.870. The summed E-state index contributed by atoms with van der Waals surface area (Å²) in [5, 5.41) is 2.91. The molecule has 0 aromatic heterocycles. The average molecular weight is 199 g/mol. The highest BCUT2D eigenvalue weighted by atomic mass is 16.1. The summed E-state index contributed by atoms with van der Waals surface area (Å²) in [6.45, 7) is 8.53. The van der Waals surface area contributed by atoms with E-state index in [9.17, 15) is 4.79 Å². The Morgan fingerprint density at radius 3 is 2.29 bits per heavy atom. The minimum atomic E-state index is -0.156. The molecule has 0 aromatic carbocycles. The molecule has 0 bridgehead atoms. The van der Waals surface area contributed by atoms with Gasteiger partial charge in [0.1, 0.15) is 0 Å². The molecule has 0 fully saturated rings. The Kier molecular flexibility index (Phi) is 4.33. The first kappa shape index (κ1) is 13.2. The maximum Gasteiger partial charge on any atom is 0.243 e. The van der Waals surface area contributed by atoms with E-state index in [2.05, 4.69) is 33.0 Å². The number of nitrogens with zero attached hydrogens (tertiary/aromatic N) is 1. The molecule has 0 heterocycles. The van der Waals surface area contributed by atoms with Crippen LogP contribution in [0.2, 0.25) is 0 Å². The molecule has 3 heteroatoms. The molecule has 14 heavy (non-hydrogen) atoms. The van der Waals surface area contributed by atoms with Crippen LogP contribution >= 0.6 is 0 Å². The SMILES string of the molecule is C=CC(=O)NC(C)(C)CC[N+](C)(C)C. The highest BCUT2D eigenvalue weighted by Crippen LogP contribution is 2.10. The number of hydrogen-bond acceptors (Lipinski definition) is 1. The highest BCUT2D eigenvalue weighted by Gasteiger charge is 2.22. The second-order valence-corrected chi connectivity index (χ2v) is 5.34. The minimum Gasteiger partial charge on any atom is -0.347 e. The Bertz CT molecular complexity index is 214. The Hall–Kier alpha value is -0.830. The normalized spacial score (nSPS) is 12.4. The molecule has 0 atom stereocenters. The number of amides is 1. The fourth-order valence-electron chi connectivity index (χ4n) is 1.06. The van der Waals surface area contributed by atoms with E-state index in [1.54, 1.807) is 0 Å². The van der Waals surface area contributed by atoms with E-state index in [0.29, 0.717) is 0 Å². The summed E-state index contributed by atoms with van der Waals surface area (Å²) in [5.74, 6) is -0.101. The molecule has 0 saturated heterocycles. The minimum absolute atomic E-state index is 0.101. The molecule has 1 N–H and O–H groups in total. The highest BCUT2D eigenvalue weighted by molar-refractivity contribution is 5.87. The first-order chi connectivity index (χ1) is 6.16. The summed E-state index contributed by atoms with van der Waals surface area (Å²) < 4.78 is 0.910. The van der Waals surface area contributed by atoms with E-state index in [0.717, 1.165) is 17.4 Å². The van der Waals surface area contributed by atoms with E-state index >= 15 is 0 Å². The zero-order valence-corrected chi connectivity index (χ0v) is 10.1. The topological polar surface area (TPSA) is 29.1 Å². The lowest BCUT2D eigenvalue weighted by atomic mass is 10.00. The summed E-state index contributed by atoms with van der Waals surface area (Å²) >= 11 is 0. The number of rotatable bonds is 5. The van der Waals surface area contributed by atoms with Crippen LogP contribution < -0.4 is 5.32 Å². The van der Waals surface area contributed by atoms with Crippen LogP contribution in [0.4, 0.5) is 0 Å². The van der Waals surface area contributed by atoms with E-state index in [1.165, 1.54) is 6.08 Å². The Morgan fingerprint density at radius 1 is 1.43 bits per heavy atom. The predicted molar refractivity (Wildman–Crippen MR) is 59.9 cm³/mol. The van der Waals surface area contributed by atoms with Crippen molar-refractivity contribution in [3.05, 3.63) is 12.7 Å². The van der Waals surface area contributed by atoms with Gasteiger partial charge in [0.15, 0.2) is 0 Å². The fraction of sp³-hybridized carbons (Fsp3) is 0.727. The van der Waals surface area contributed by atoms with Crippen molar-refractivity contribution in [2.45, 2.75) is 25.8 Å². The lowest BCUT2D eigenvalue weighted by Crippen LogP contribution is -2.47. The van der Waals surface area contributed by atoms with Crippen LogP contribution in [-0.4, -0.2) is 43.6 Å². The van der Waals surface area contributed by atoms with Crippen molar-refractivity contribution in [2.75, 3.05) is 27.7 Å². The lowest BCUT2D eigenvalue weighted by Gasteiger charge is -2.31. The maximum absolute atomic E-state index is 11.1. The van der Waals surface area contributed by atoms with Gasteiger partial charge in [0.25, 0.3) is 0 Å². The van der Waals surface area contributed by atoms with Crippen molar-refractivity contribution < 1.29 is 9.28 Å². The van der Waals surface area contributed by atoms with Gasteiger partial charge in [-0.2, -0.15) is 0 Å². The monoisotopic (exact) mass is 199 g/mol. The third-order valence-corrected chi connectivity index (χ3v) is 2.05. The van der Waals surface area contributed by atoms with E-state index in [1.807, 2.05) is 13.8 Å². The van der Waals surface area contributed by atoms with Gasteiger partial charge in [-0.15, -0.1) is 0 Å². The Labute approximate surface area is 87.4 Å². The van der Waals surface area contributed by atoms with Gasteiger partial charge in [0.2, 0.25) is 5.91 Å². The number of carbonyl (C=O) groups is 1. The maximum atomic E-state index is 11.1. The van der Waals surface area contributed by atoms with Gasteiger partial charge in [0.05, 0.1) is 27.7 Å². The molecule has 0 aliphatic rings. The fourth-order valence-corrected chi connectivity index (χ4v) is 1.06. The summed E-state index contributed by atoms with van der Waals surface area (Å²) in [4.78, 5) is 11.1. The predicted octanol–water partition coefficient (Wildman–Crippen LogP) is 1.16. The Morgan fingerprint density at radius 2 is 1.93 bits per heavy atom. The van der Waals surface area contributed by atoms with Crippen molar-refractivity contribution >= 4 is 5.91 Å². The van der Waals surface area contributed by atoms with Crippen molar-refractivity contribution in [1.82, 2.24) is 5.32 Å². The molecule has 0 radical (unpaired) electrons. The van der Waals surface area contributed by atoms with Gasteiger partial charge in [-0.05, 0) is 19.9 Å². The molecule has 0 unspecified atom stereocenters. The van der Waals surface area contributed by atoms with Crippen molar-refractivity contribution in [3.8, 4) is 0 Å². The van der Waals surface area contributed by atoms with Crippen LogP contribution in [0.15, 0.2) is 12.7 Å². The summed E-state index contributed by atoms with van der Waals surface area (Å²) in [7, 11) is 6.43. The molecule has 0 saturated carbocycles. The van der Waals surface area contributed by atoms with E-state index in [-0.39, 0.29) is 11.4 Å². The molecule has 82 valence electrons. The quantitative estimate of drug-likeness (QED) is 0.522. The number of hydrogen-bond donors (Lipinski definition) is 1. The first-order valence-corrected chi connectivity index (χ1v) is 4.91. The van der Waals surface area contributed by atoms with Crippen molar-refractivity contribution in [1.29, 1.82) is 0 Å². The van der Waals surface area contributed by atoms with Crippen LogP contribution in [0.1, 0.15) is 20.3 Å².